The number of rotatable bonds is 8. The van der Waals surface area contributed by atoms with Gasteiger partial charge in [0.25, 0.3) is 0 Å². The van der Waals surface area contributed by atoms with Gasteiger partial charge in [-0.25, -0.2) is 0 Å². The molecule has 1 heterocycles. The van der Waals surface area contributed by atoms with Gasteiger partial charge in [0.1, 0.15) is 36.2 Å². The van der Waals surface area contributed by atoms with Crippen LogP contribution in [0.5, 0.6) is 5.88 Å². The van der Waals surface area contributed by atoms with E-state index >= 15 is 0 Å². The Kier molecular flexibility index (Phi) is 6.82. The van der Waals surface area contributed by atoms with Crippen molar-refractivity contribution in [2.45, 2.75) is 78.6 Å². The molecule has 0 aliphatic carbocycles. The number of hydrogen-bond donors (Lipinski definition) is 3. The minimum atomic E-state index is -1.82. The fourth-order valence-corrected chi connectivity index (χ4v) is 5.51. The summed E-state index contributed by atoms with van der Waals surface area (Å²) in [6.07, 6.45) is 0. The first-order valence-corrected chi connectivity index (χ1v) is 23.2. The third-order valence-electron chi connectivity index (χ3n) is 2.76. The van der Waals surface area contributed by atoms with Crippen molar-refractivity contribution < 1.29 is 4.43 Å². The highest BCUT2D eigenvalue weighted by atomic mass is 28.4. The topological polar surface area (TPSA) is 71.1 Å². The fraction of sp³-hybridized carbons (Fsp3) is 0.750. The zero-order valence-corrected chi connectivity index (χ0v) is 22.8. The maximum absolute atomic E-state index is 6.39. The van der Waals surface area contributed by atoms with Crippen molar-refractivity contribution in [3.8, 4) is 5.88 Å². The largest absolute Gasteiger partial charge is 0.530 e. The van der Waals surface area contributed by atoms with Crippen LogP contribution in [0.2, 0.25) is 78.6 Å². The number of anilines is 3. The lowest BCUT2D eigenvalue weighted by Crippen LogP contribution is -2.39. The Labute approximate surface area is 164 Å². The van der Waals surface area contributed by atoms with Crippen molar-refractivity contribution in [3.05, 3.63) is 0 Å². The van der Waals surface area contributed by atoms with Gasteiger partial charge in [-0.2, -0.15) is 9.97 Å². The Morgan fingerprint density at radius 1 is 0.615 bits per heavy atom. The SMILES string of the molecule is C[Si](C)(C)Nc1nc(N[Si](C)(C)C)c(N[Si](C)(C)C)c(O[Si](C)(C)C)n1. The van der Waals surface area contributed by atoms with E-state index in [1.807, 2.05) is 0 Å². The molecule has 0 aliphatic rings. The molecule has 1 aromatic heterocycles. The zero-order valence-electron chi connectivity index (χ0n) is 18.8. The molecule has 0 unspecified atom stereocenters. The van der Waals surface area contributed by atoms with E-state index in [2.05, 4.69) is 93.5 Å². The summed E-state index contributed by atoms with van der Waals surface area (Å²) in [6.45, 7) is 26.9. The van der Waals surface area contributed by atoms with Gasteiger partial charge >= 0.3 is 0 Å². The minimum absolute atomic E-state index is 0.666. The van der Waals surface area contributed by atoms with Gasteiger partial charge in [0, 0.05) is 0 Å². The first-order chi connectivity index (χ1) is 11.3. The van der Waals surface area contributed by atoms with E-state index < -0.39 is 33.0 Å². The highest BCUT2D eigenvalue weighted by Gasteiger charge is 2.28. The smallest absolute Gasteiger partial charge is 0.244 e. The van der Waals surface area contributed by atoms with Gasteiger partial charge in [0.15, 0.2) is 0 Å². The molecule has 0 aliphatic heterocycles. The predicted molar refractivity (Wildman–Crippen MR) is 127 cm³/mol. The van der Waals surface area contributed by atoms with Crippen molar-refractivity contribution in [1.29, 1.82) is 0 Å². The van der Waals surface area contributed by atoms with E-state index in [0.29, 0.717) is 11.8 Å². The summed E-state index contributed by atoms with van der Waals surface area (Å²) in [6, 6.07) is 0. The predicted octanol–water partition coefficient (Wildman–Crippen LogP) is 5.43. The Hall–Kier alpha value is -0.852. The molecule has 0 spiro atoms. The van der Waals surface area contributed by atoms with E-state index in [1.54, 1.807) is 0 Å². The van der Waals surface area contributed by atoms with Crippen LogP contribution in [0.15, 0.2) is 0 Å². The van der Waals surface area contributed by atoms with Crippen LogP contribution < -0.4 is 19.4 Å². The molecule has 0 fully saturated rings. The van der Waals surface area contributed by atoms with E-state index in [4.69, 9.17) is 14.4 Å². The average molecular weight is 430 g/mol. The monoisotopic (exact) mass is 429 g/mol. The summed E-state index contributed by atoms with van der Waals surface area (Å²) in [5, 5.41) is 0. The van der Waals surface area contributed by atoms with E-state index in [9.17, 15) is 0 Å². The molecule has 6 nitrogen and oxygen atoms in total. The van der Waals surface area contributed by atoms with E-state index in [1.165, 1.54) is 0 Å². The molecule has 1 rings (SSSR count). The fourth-order valence-electron chi connectivity index (χ4n) is 2.13. The summed E-state index contributed by atoms with van der Waals surface area (Å²) in [4.78, 5) is 20.6. The minimum Gasteiger partial charge on any atom is -0.530 e. The van der Waals surface area contributed by atoms with Crippen molar-refractivity contribution in [3.63, 3.8) is 0 Å². The Balaban J connectivity index is 3.57. The molecule has 0 atom stereocenters. The summed E-state index contributed by atoms with van der Waals surface area (Å²) in [5.41, 5.74) is 0.926. The summed E-state index contributed by atoms with van der Waals surface area (Å²) in [5.74, 6) is 2.22. The first kappa shape index (κ1) is 23.2. The van der Waals surface area contributed by atoms with Crippen LogP contribution >= 0.6 is 0 Å². The van der Waals surface area contributed by atoms with E-state index in [0.717, 1.165) is 11.5 Å². The molecule has 1 aromatic rings. The molecule has 0 bridgehead atoms. The number of nitrogens with one attached hydrogen (secondary N) is 3. The average Bonchev–Trinajstić information content (AvgIpc) is 2.25. The highest BCUT2D eigenvalue weighted by molar-refractivity contribution is 6.81. The van der Waals surface area contributed by atoms with Gasteiger partial charge < -0.3 is 19.4 Å². The quantitative estimate of drug-likeness (QED) is 0.478. The van der Waals surface area contributed by atoms with Gasteiger partial charge in [-0.3, -0.25) is 0 Å². The lowest BCUT2D eigenvalue weighted by Gasteiger charge is -2.30. The molecular formula is C16H39N5OSi4. The molecule has 0 amide bonds. The Morgan fingerprint density at radius 3 is 1.46 bits per heavy atom. The first-order valence-electron chi connectivity index (χ1n) is 9.30. The normalized spacial score (nSPS) is 13.4. The Morgan fingerprint density at radius 2 is 1.08 bits per heavy atom. The van der Waals surface area contributed by atoms with Crippen LogP contribution in [0.4, 0.5) is 17.5 Å². The van der Waals surface area contributed by atoms with Crippen LogP contribution in [0.1, 0.15) is 0 Å². The second-order valence-electron chi connectivity index (χ2n) is 10.9. The molecule has 3 N–H and O–H groups in total. The van der Waals surface area contributed by atoms with Crippen molar-refractivity contribution in [2.24, 2.45) is 0 Å². The highest BCUT2D eigenvalue weighted by Crippen LogP contribution is 2.35. The molecule has 0 radical (unpaired) electrons. The van der Waals surface area contributed by atoms with Gasteiger partial charge in [-0.15, -0.1) is 0 Å². The summed E-state index contributed by atoms with van der Waals surface area (Å²) in [7, 11) is -6.59. The Bertz CT molecular complexity index is 590. The summed E-state index contributed by atoms with van der Waals surface area (Å²) >= 11 is 0. The standard InChI is InChI=1S/C16H39N5OSi4/c1-23(2,3)19-13-14(20-24(4,5)6)17-16(21-25(7,8)9)18-15(13)22-26(10,11)12/h19H,1-12H3,(H2,17,18,20,21). The van der Waals surface area contributed by atoms with E-state index in [-0.39, 0.29) is 0 Å². The van der Waals surface area contributed by atoms with Crippen molar-refractivity contribution in [1.82, 2.24) is 9.97 Å². The summed E-state index contributed by atoms with van der Waals surface area (Å²) < 4.78 is 6.39. The molecule has 26 heavy (non-hydrogen) atoms. The van der Waals surface area contributed by atoms with Crippen LogP contribution in [0, 0.1) is 0 Å². The zero-order chi connectivity index (χ0) is 20.6. The van der Waals surface area contributed by atoms with Crippen molar-refractivity contribution >= 4 is 50.5 Å². The van der Waals surface area contributed by atoms with Crippen LogP contribution in [0.3, 0.4) is 0 Å². The maximum atomic E-state index is 6.39. The van der Waals surface area contributed by atoms with Crippen LogP contribution in [-0.2, 0) is 0 Å². The van der Waals surface area contributed by atoms with Gasteiger partial charge in [-0.1, -0.05) is 58.9 Å². The second-order valence-corrected chi connectivity index (χ2v) is 29.6. The number of aromatic nitrogens is 2. The molecular weight excluding hydrogens is 391 g/mol. The third kappa shape index (κ3) is 9.19. The van der Waals surface area contributed by atoms with Crippen LogP contribution in [-0.4, -0.2) is 43.0 Å². The molecule has 150 valence electrons. The molecule has 10 heteroatoms. The lowest BCUT2D eigenvalue weighted by atomic mass is 10.5. The molecule has 0 saturated heterocycles. The molecule has 0 saturated carbocycles. The van der Waals surface area contributed by atoms with Gasteiger partial charge in [0.2, 0.25) is 20.1 Å². The van der Waals surface area contributed by atoms with Gasteiger partial charge in [-0.05, 0) is 19.6 Å². The number of nitrogens with zero attached hydrogens (tertiary/aromatic N) is 2. The third-order valence-corrected chi connectivity index (χ3v) is 6.53. The van der Waals surface area contributed by atoms with Crippen molar-refractivity contribution in [2.75, 3.05) is 14.9 Å². The van der Waals surface area contributed by atoms with Crippen LogP contribution in [0.25, 0.3) is 0 Å². The maximum Gasteiger partial charge on any atom is 0.244 e. The van der Waals surface area contributed by atoms with Gasteiger partial charge in [0.05, 0.1) is 0 Å². The second kappa shape index (κ2) is 7.64. The number of hydrogen-bond acceptors (Lipinski definition) is 6. The molecule has 0 aromatic carbocycles. The lowest BCUT2D eigenvalue weighted by molar-refractivity contribution is 0.537.